The molecule has 0 saturated heterocycles. The molecule has 1 heterocycles. The van der Waals surface area contributed by atoms with Gasteiger partial charge in [0.15, 0.2) is 0 Å². The van der Waals surface area contributed by atoms with Crippen LogP contribution in [0.15, 0.2) is 30.5 Å². The molecule has 3 rings (SSSR count). The SMILES string of the molecule is CCNc1ncc(C(=O)NC2CC2CC)c2ccccc12. The van der Waals surface area contributed by atoms with E-state index in [0.717, 1.165) is 36.0 Å². The number of amides is 1. The predicted octanol–water partition coefficient (Wildman–Crippen LogP) is 3.19. The molecule has 110 valence electrons. The number of hydrogen-bond acceptors (Lipinski definition) is 3. The van der Waals surface area contributed by atoms with Crippen molar-refractivity contribution in [1.29, 1.82) is 0 Å². The van der Waals surface area contributed by atoms with Crippen LogP contribution in [0.3, 0.4) is 0 Å². The van der Waals surface area contributed by atoms with E-state index >= 15 is 0 Å². The van der Waals surface area contributed by atoms with Gasteiger partial charge in [0, 0.05) is 24.2 Å². The van der Waals surface area contributed by atoms with Gasteiger partial charge in [-0.2, -0.15) is 0 Å². The highest BCUT2D eigenvalue weighted by Crippen LogP contribution is 2.33. The van der Waals surface area contributed by atoms with Gasteiger partial charge in [-0.05, 0) is 24.6 Å². The monoisotopic (exact) mass is 283 g/mol. The molecule has 1 fully saturated rings. The number of nitrogens with one attached hydrogen (secondary N) is 2. The van der Waals surface area contributed by atoms with Crippen LogP contribution in [0, 0.1) is 5.92 Å². The third-order valence-corrected chi connectivity index (χ3v) is 4.15. The van der Waals surface area contributed by atoms with Gasteiger partial charge in [-0.15, -0.1) is 0 Å². The quantitative estimate of drug-likeness (QED) is 0.886. The molecular weight excluding hydrogens is 262 g/mol. The molecule has 1 aromatic carbocycles. The lowest BCUT2D eigenvalue weighted by atomic mass is 10.1. The minimum Gasteiger partial charge on any atom is -0.370 e. The number of aromatic nitrogens is 1. The van der Waals surface area contributed by atoms with Crippen molar-refractivity contribution in [1.82, 2.24) is 10.3 Å². The molecule has 0 bridgehead atoms. The number of nitrogens with zero attached hydrogens (tertiary/aromatic N) is 1. The van der Waals surface area contributed by atoms with Crippen LogP contribution in [-0.4, -0.2) is 23.5 Å². The van der Waals surface area contributed by atoms with Crippen molar-refractivity contribution in [3.63, 3.8) is 0 Å². The largest absolute Gasteiger partial charge is 0.370 e. The second kappa shape index (κ2) is 5.72. The molecule has 1 amide bonds. The van der Waals surface area contributed by atoms with Crippen molar-refractivity contribution in [2.24, 2.45) is 5.92 Å². The van der Waals surface area contributed by atoms with Gasteiger partial charge >= 0.3 is 0 Å². The van der Waals surface area contributed by atoms with Crippen molar-refractivity contribution in [2.75, 3.05) is 11.9 Å². The molecule has 2 atom stereocenters. The third kappa shape index (κ3) is 2.71. The van der Waals surface area contributed by atoms with Gasteiger partial charge in [-0.25, -0.2) is 4.98 Å². The van der Waals surface area contributed by atoms with E-state index in [1.165, 1.54) is 0 Å². The number of hydrogen-bond donors (Lipinski definition) is 2. The van der Waals surface area contributed by atoms with E-state index in [4.69, 9.17) is 0 Å². The van der Waals surface area contributed by atoms with Crippen molar-refractivity contribution >= 4 is 22.5 Å². The van der Waals surface area contributed by atoms with Crippen LogP contribution in [0.1, 0.15) is 37.0 Å². The highest BCUT2D eigenvalue weighted by atomic mass is 16.1. The first kappa shape index (κ1) is 13.9. The summed E-state index contributed by atoms with van der Waals surface area (Å²) in [4.78, 5) is 16.9. The summed E-state index contributed by atoms with van der Waals surface area (Å²) in [7, 11) is 0. The van der Waals surface area contributed by atoms with E-state index in [2.05, 4.69) is 22.5 Å². The summed E-state index contributed by atoms with van der Waals surface area (Å²) < 4.78 is 0. The van der Waals surface area contributed by atoms with Gasteiger partial charge in [0.1, 0.15) is 5.82 Å². The van der Waals surface area contributed by atoms with Crippen molar-refractivity contribution in [2.45, 2.75) is 32.7 Å². The summed E-state index contributed by atoms with van der Waals surface area (Å²) in [5.41, 5.74) is 0.661. The lowest BCUT2D eigenvalue weighted by Gasteiger charge is -2.11. The van der Waals surface area contributed by atoms with Gasteiger partial charge in [0.25, 0.3) is 5.91 Å². The second-order valence-corrected chi connectivity index (χ2v) is 5.58. The molecule has 1 aromatic heterocycles. The second-order valence-electron chi connectivity index (χ2n) is 5.58. The molecule has 1 saturated carbocycles. The zero-order valence-electron chi connectivity index (χ0n) is 12.5. The molecule has 2 unspecified atom stereocenters. The van der Waals surface area contributed by atoms with Crippen LogP contribution in [0.2, 0.25) is 0 Å². The molecule has 0 spiro atoms. The van der Waals surface area contributed by atoms with Gasteiger partial charge in [0.2, 0.25) is 0 Å². The molecule has 0 radical (unpaired) electrons. The first-order valence-electron chi connectivity index (χ1n) is 7.67. The van der Waals surface area contributed by atoms with Crippen LogP contribution >= 0.6 is 0 Å². The summed E-state index contributed by atoms with van der Waals surface area (Å²) in [5.74, 6) is 1.47. The van der Waals surface area contributed by atoms with E-state index in [1.807, 2.05) is 31.2 Å². The Morgan fingerprint density at radius 3 is 2.71 bits per heavy atom. The molecule has 1 aliphatic carbocycles. The molecule has 0 aliphatic heterocycles. The standard InChI is InChI=1S/C17H21N3O/c1-3-11-9-15(11)20-17(21)14-10-19-16(18-4-2)13-8-6-5-7-12(13)14/h5-8,10-11,15H,3-4,9H2,1-2H3,(H,18,19)(H,20,21). The van der Waals surface area contributed by atoms with Crippen LogP contribution in [0.4, 0.5) is 5.82 Å². The maximum atomic E-state index is 12.5. The fourth-order valence-corrected chi connectivity index (χ4v) is 2.80. The number of anilines is 1. The zero-order valence-corrected chi connectivity index (χ0v) is 12.5. The van der Waals surface area contributed by atoms with Crippen molar-refractivity contribution in [3.05, 3.63) is 36.0 Å². The van der Waals surface area contributed by atoms with E-state index < -0.39 is 0 Å². The van der Waals surface area contributed by atoms with Gasteiger partial charge < -0.3 is 10.6 Å². The maximum Gasteiger partial charge on any atom is 0.253 e. The van der Waals surface area contributed by atoms with E-state index in [1.54, 1.807) is 6.20 Å². The van der Waals surface area contributed by atoms with Gasteiger partial charge in [0.05, 0.1) is 5.56 Å². The first-order valence-corrected chi connectivity index (χ1v) is 7.67. The Hall–Kier alpha value is -2.10. The smallest absolute Gasteiger partial charge is 0.253 e. The first-order chi connectivity index (χ1) is 10.2. The lowest BCUT2D eigenvalue weighted by molar-refractivity contribution is 0.0950. The van der Waals surface area contributed by atoms with Crippen molar-refractivity contribution < 1.29 is 4.79 Å². The Kier molecular flexibility index (Phi) is 3.78. The molecule has 4 heteroatoms. The average Bonchev–Trinajstić information content (AvgIpc) is 3.26. The minimum atomic E-state index is -0.0114. The Morgan fingerprint density at radius 1 is 1.29 bits per heavy atom. The number of benzene rings is 1. The summed E-state index contributed by atoms with van der Waals surface area (Å²) in [6.07, 6.45) is 3.91. The highest BCUT2D eigenvalue weighted by molar-refractivity contribution is 6.09. The average molecular weight is 283 g/mol. The Balaban J connectivity index is 1.92. The number of fused-ring (bicyclic) bond motifs is 1. The van der Waals surface area contributed by atoms with Crippen molar-refractivity contribution in [3.8, 4) is 0 Å². The molecule has 4 nitrogen and oxygen atoms in total. The summed E-state index contributed by atoms with van der Waals surface area (Å²) >= 11 is 0. The van der Waals surface area contributed by atoms with Crippen LogP contribution < -0.4 is 10.6 Å². The predicted molar refractivity (Wildman–Crippen MR) is 85.6 cm³/mol. The normalized spacial score (nSPS) is 20.3. The summed E-state index contributed by atoms with van der Waals surface area (Å²) in [5, 5.41) is 8.31. The van der Waals surface area contributed by atoms with E-state index in [0.29, 0.717) is 17.5 Å². The molecule has 1 aliphatic rings. The highest BCUT2D eigenvalue weighted by Gasteiger charge is 2.36. The summed E-state index contributed by atoms with van der Waals surface area (Å²) in [6.45, 7) is 5.01. The van der Waals surface area contributed by atoms with Gasteiger partial charge in [-0.1, -0.05) is 37.6 Å². The van der Waals surface area contributed by atoms with Crippen LogP contribution in [0.5, 0.6) is 0 Å². The number of carbonyl (C=O) groups is 1. The molecule has 21 heavy (non-hydrogen) atoms. The molecular formula is C17H21N3O. The minimum absolute atomic E-state index is 0.0114. The fraction of sp³-hybridized carbons (Fsp3) is 0.412. The maximum absolute atomic E-state index is 12.5. The number of pyridine rings is 1. The Bertz CT molecular complexity index is 668. The number of rotatable bonds is 5. The zero-order chi connectivity index (χ0) is 14.8. The van der Waals surface area contributed by atoms with Crippen LogP contribution in [0.25, 0.3) is 10.8 Å². The van der Waals surface area contributed by atoms with Gasteiger partial charge in [-0.3, -0.25) is 4.79 Å². The Morgan fingerprint density at radius 2 is 2.05 bits per heavy atom. The summed E-state index contributed by atoms with van der Waals surface area (Å²) in [6, 6.07) is 8.26. The third-order valence-electron chi connectivity index (χ3n) is 4.15. The molecule has 2 aromatic rings. The Labute approximate surface area is 125 Å². The van der Waals surface area contributed by atoms with E-state index in [9.17, 15) is 4.79 Å². The topological polar surface area (TPSA) is 54.0 Å². The fourth-order valence-electron chi connectivity index (χ4n) is 2.80. The lowest BCUT2D eigenvalue weighted by Crippen LogP contribution is -2.27. The molecule has 2 N–H and O–H groups in total. The number of carbonyl (C=O) groups excluding carboxylic acids is 1. The van der Waals surface area contributed by atoms with Crippen LogP contribution in [-0.2, 0) is 0 Å². The van der Waals surface area contributed by atoms with E-state index in [-0.39, 0.29) is 5.91 Å².